The molecule has 1 saturated heterocycles. The number of pyridine rings is 1. The van der Waals surface area contributed by atoms with Crippen LogP contribution in [-0.2, 0) is 0 Å². The second-order valence-electron chi connectivity index (χ2n) is 8.55. The minimum Gasteiger partial charge on any atom is -0.336 e. The van der Waals surface area contributed by atoms with Crippen LogP contribution in [0.25, 0.3) is 22.2 Å². The number of fused-ring (bicyclic) bond motifs is 1. The summed E-state index contributed by atoms with van der Waals surface area (Å²) in [6.45, 7) is 7.12. The van der Waals surface area contributed by atoms with Crippen molar-refractivity contribution in [3.63, 3.8) is 0 Å². The van der Waals surface area contributed by atoms with Crippen molar-refractivity contribution in [3.8, 4) is 11.3 Å². The zero-order valence-electron chi connectivity index (χ0n) is 17.3. The van der Waals surface area contributed by atoms with Crippen LogP contribution in [0.3, 0.4) is 0 Å². The summed E-state index contributed by atoms with van der Waals surface area (Å²) >= 11 is 0. The van der Waals surface area contributed by atoms with Crippen LogP contribution in [0, 0.1) is 13.8 Å². The highest BCUT2D eigenvalue weighted by Crippen LogP contribution is 2.38. The number of hydrogen-bond donors (Lipinski definition) is 0. The molecule has 148 valence electrons. The first-order chi connectivity index (χ1) is 14.0. The number of hydrogen-bond acceptors (Lipinski definition) is 4. The predicted octanol–water partition coefficient (Wildman–Crippen LogP) is 4.81. The molecule has 2 aromatic heterocycles. The molecule has 1 amide bonds. The number of benzene rings is 1. The summed E-state index contributed by atoms with van der Waals surface area (Å²) in [5.41, 5.74) is 5.54. The maximum Gasteiger partial charge on any atom is 0.254 e. The lowest BCUT2D eigenvalue weighted by Gasteiger charge is -2.23. The number of nitrogens with zero attached hydrogens (tertiary/aromatic N) is 4. The van der Waals surface area contributed by atoms with Crippen molar-refractivity contribution < 1.29 is 4.79 Å². The van der Waals surface area contributed by atoms with E-state index in [1.54, 1.807) is 0 Å². The second-order valence-corrected chi connectivity index (χ2v) is 8.55. The van der Waals surface area contributed by atoms with E-state index in [0.29, 0.717) is 5.92 Å². The van der Waals surface area contributed by atoms with E-state index in [1.807, 2.05) is 29.4 Å². The Morgan fingerprint density at radius 1 is 1.10 bits per heavy atom. The number of likely N-dealkylation sites (tertiary alicyclic amines) is 1. The molecule has 0 N–H and O–H groups in total. The van der Waals surface area contributed by atoms with Crippen molar-refractivity contribution in [3.05, 3.63) is 53.1 Å². The van der Waals surface area contributed by atoms with E-state index in [9.17, 15) is 4.79 Å². The Kier molecular flexibility index (Phi) is 4.34. The van der Waals surface area contributed by atoms with Crippen LogP contribution in [0.5, 0.6) is 0 Å². The molecule has 1 aromatic carbocycles. The van der Waals surface area contributed by atoms with Crippen LogP contribution >= 0.6 is 0 Å². The number of aromatic nitrogens is 3. The minimum absolute atomic E-state index is 0.0995. The molecular weight excluding hydrogens is 360 g/mol. The van der Waals surface area contributed by atoms with Crippen LogP contribution in [-0.4, -0.2) is 38.3 Å². The molecule has 0 spiro atoms. The number of rotatable bonds is 3. The van der Waals surface area contributed by atoms with Gasteiger partial charge in [0.05, 0.1) is 16.8 Å². The smallest absolute Gasteiger partial charge is 0.254 e. The van der Waals surface area contributed by atoms with E-state index >= 15 is 0 Å². The summed E-state index contributed by atoms with van der Waals surface area (Å²) in [7, 11) is 0. The molecular formula is C24H26N4O. The largest absolute Gasteiger partial charge is 0.336 e. The Labute approximate surface area is 171 Å². The maximum absolute atomic E-state index is 13.5. The number of aryl methyl sites for hydroxylation is 2. The molecule has 2 aliphatic rings. The molecule has 0 bridgehead atoms. The van der Waals surface area contributed by atoms with Crippen LogP contribution in [0.15, 0.2) is 30.6 Å². The fourth-order valence-electron chi connectivity index (χ4n) is 4.27. The van der Waals surface area contributed by atoms with Crippen LogP contribution < -0.4 is 0 Å². The molecule has 3 heterocycles. The highest BCUT2D eigenvalue weighted by molar-refractivity contribution is 6.08. The molecule has 5 nitrogen and oxygen atoms in total. The SMILES string of the molecule is Cc1ccc2c(C(=O)N3CCCC3C)cc(-c3cnc(C4CC4)nc3)nc2c1C. The van der Waals surface area contributed by atoms with Gasteiger partial charge >= 0.3 is 0 Å². The fraction of sp³-hybridized carbons (Fsp3) is 0.417. The van der Waals surface area contributed by atoms with Gasteiger partial charge in [-0.1, -0.05) is 12.1 Å². The van der Waals surface area contributed by atoms with Crippen LogP contribution in [0.1, 0.15) is 65.8 Å². The van der Waals surface area contributed by atoms with E-state index in [1.165, 1.54) is 18.4 Å². The lowest BCUT2D eigenvalue weighted by Crippen LogP contribution is -2.33. The monoisotopic (exact) mass is 386 g/mol. The normalized spacial score (nSPS) is 19.1. The minimum atomic E-state index is 0.0995. The highest BCUT2D eigenvalue weighted by atomic mass is 16.2. The molecule has 1 atom stereocenters. The molecule has 1 unspecified atom stereocenters. The summed E-state index contributed by atoms with van der Waals surface area (Å²) in [4.78, 5) is 29.5. The van der Waals surface area contributed by atoms with Gasteiger partial charge in [0.15, 0.2) is 0 Å². The summed E-state index contributed by atoms with van der Waals surface area (Å²) in [6.07, 6.45) is 8.20. The maximum atomic E-state index is 13.5. The Morgan fingerprint density at radius 3 is 2.52 bits per heavy atom. The van der Waals surface area contributed by atoms with Gasteiger partial charge in [0.25, 0.3) is 5.91 Å². The van der Waals surface area contributed by atoms with Crippen molar-refractivity contribution >= 4 is 16.8 Å². The summed E-state index contributed by atoms with van der Waals surface area (Å²) in [5, 5.41) is 0.927. The number of amides is 1. The molecule has 1 aliphatic heterocycles. The van der Waals surface area contributed by atoms with Gasteiger partial charge in [-0.3, -0.25) is 4.79 Å². The standard InChI is InChI=1S/C24H26N4O/c1-14-6-9-19-20(24(29)28-10-4-5-15(28)2)11-21(27-22(19)16(14)3)18-12-25-23(26-13-18)17-7-8-17/h6,9,11-13,15,17H,4-5,7-8,10H2,1-3H3. The van der Waals surface area contributed by atoms with Crippen LogP contribution in [0.4, 0.5) is 0 Å². The average molecular weight is 386 g/mol. The summed E-state index contributed by atoms with van der Waals surface area (Å²) in [5.74, 6) is 1.54. The Balaban J connectivity index is 1.66. The van der Waals surface area contributed by atoms with Gasteiger partial charge < -0.3 is 4.90 Å². The zero-order chi connectivity index (χ0) is 20.1. The average Bonchev–Trinajstić information content (AvgIpc) is 3.50. The second kappa shape index (κ2) is 6.90. The van der Waals surface area contributed by atoms with E-state index in [-0.39, 0.29) is 11.9 Å². The van der Waals surface area contributed by atoms with Gasteiger partial charge in [0.2, 0.25) is 0 Å². The summed E-state index contributed by atoms with van der Waals surface area (Å²) < 4.78 is 0. The Hall–Kier alpha value is -2.82. The van der Waals surface area contributed by atoms with Crippen molar-refractivity contribution in [1.29, 1.82) is 0 Å². The molecule has 3 aromatic rings. The molecule has 1 aliphatic carbocycles. The molecule has 0 radical (unpaired) electrons. The Bertz CT molecular complexity index is 1100. The first-order valence-electron chi connectivity index (χ1n) is 10.6. The molecule has 2 fully saturated rings. The first-order valence-corrected chi connectivity index (χ1v) is 10.6. The molecule has 5 heteroatoms. The third kappa shape index (κ3) is 3.18. The number of carbonyl (C=O) groups is 1. The van der Waals surface area contributed by atoms with E-state index in [2.05, 4.69) is 36.8 Å². The van der Waals surface area contributed by atoms with Crippen LogP contribution in [0.2, 0.25) is 0 Å². The fourth-order valence-corrected chi connectivity index (χ4v) is 4.27. The van der Waals surface area contributed by atoms with Gasteiger partial charge in [0.1, 0.15) is 5.82 Å². The lowest BCUT2D eigenvalue weighted by atomic mass is 9.99. The Morgan fingerprint density at radius 2 is 1.86 bits per heavy atom. The van der Waals surface area contributed by atoms with E-state index in [0.717, 1.165) is 58.5 Å². The van der Waals surface area contributed by atoms with Crippen molar-refractivity contribution in [2.24, 2.45) is 0 Å². The molecule has 1 saturated carbocycles. The first kappa shape index (κ1) is 18.2. The lowest BCUT2D eigenvalue weighted by molar-refractivity contribution is 0.0749. The van der Waals surface area contributed by atoms with Crippen molar-refractivity contribution in [1.82, 2.24) is 19.9 Å². The van der Waals surface area contributed by atoms with Crippen molar-refractivity contribution in [2.75, 3.05) is 6.54 Å². The topological polar surface area (TPSA) is 59.0 Å². The quantitative estimate of drug-likeness (QED) is 0.648. The molecule has 5 rings (SSSR count). The van der Waals surface area contributed by atoms with Gasteiger partial charge in [0, 0.05) is 41.8 Å². The number of carbonyl (C=O) groups excluding carboxylic acids is 1. The van der Waals surface area contributed by atoms with Gasteiger partial charge in [-0.2, -0.15) is 0 Å². The third-order valence-electron chi connectivity index (χ3n) is 6.46. The van der Waals surface area contributed by atoms with Gasteiger partial charge in [-0.15, -0.1) is 0 Å². The highest BCUT2D eigenvalue weighted by Gasteiger charge is 2.29. The zero-order valence-corrected chi connectivity index (χ0v) is 17.3. The van der Waals surface area contributed by atoms with Gasteiger partial charge in [-0.05, 0) is 63.6 Å². The van der Waals surface area contributed by atoms with E-state index in [4.69, 9.17) is 4.98 Å². The van der Waals surface area contributed by atoms with Gasteiger partial charge in [-0.25, -0.2) is 15.0 Å². The van der Waals surface area contributed by atoms with E-state index < -0.39 is 0 Å². The predicted molar refractivity (Wildman–Crippen MR) is 114 cm³/mol. The van der Waals surface area contributed by atoms with Crippen molar-refractivity contribution in [2.45, 2.75) is 58.4 Å². The third-order valence-corrected chi connectivity index (χ3v) is 6.46. The summed E-state index contributed by atoms with van der Waals surface area (Å²) in [6, 6.07) is 6.33. The molecule has 29 heavy (non-hydrogen) atoms.